The Morgan fingerprint density at radius 1 is 1.17 bits per heavy atom. The predicted molar refractivity (Wildman–Crippen MR) is 93.3 cm³/mol. The molecule has 0 aromatic rings. The lowest BCUT2D eigenvalue weighted by Crippen LogP contribution is -2.71. The molecule has 0 saturated heterocycles. The highest BCUT2D eigenvalue weighted by molar-refractivity contribution is 5.78. The molecule has 1 spiro atoms. The Hall–Kier alpha value is -0.570. The average Bonchev–Trinajstić information content (AvgIpc) is 2.79. The summed E-state index contributed by atoms with van der Waals surface area (Å²) in [5.74, 6) is 1.70. The summed E-state index contributed by atoms with van der Waals surface area (Å²) in [5.41, 5.74) is -1.43. The molecule has 136 valence electrons. The standard InChI is InChI=1S/C21H34O3/c1-13(2)8-18(6,17(3,4)5)16(22)24-19-9-14-7-15-10-20(23,11-19)21(14,15)12-19/h13-15,23H,7-12H2,1-6H3. The lowest BCUT2D eigenvalue weighted by Gasteiger charge is -2.70. The van der Waals surface area contributed by atoms with Crippen LogP contribution in [0.15, 0.2) is 0 Å². The van der Waals surface area contributed by atoms with Gasteiger partial charge in [-0.1, -0.05) is 34.6 Å². The molecule has 2 bridgehead atoms. The highest BCUT2D eigenvalue weighted by Gasteiger charge is 2.85. The fourth-order valence-corrected chi connectivity index (χ4v) is 7.04. The van der Waals surface area contributed by atoms with Crippen molar-refractivity contribution < 1.29 is 14.6 Å². The Morgan fingerprint density at radius 3 is 2.25 bits per heavy atom. The third kappa shape index (κ3) is 1.75. The van der Waals surface area contributed by atoms with E-state index < -0.39 is 11.0 Å². The van der Waals surface area contributed by atoms with E-state index in [0.717, 1.165) is 25.7 Å². The lowest BCUT2D eigenvalue weighted by atomic mass is 9.36. The van der Waals surface area contributed by atoms with Crippen LogP contribution in [0.3, 0.4) is 0 Å². The van der Waals surface area contributed by atoms with Crippen molar-refractivity contribution in [2.75, 3.05) is 0 Å². The molecule has 0 aromatic heterocycles. The van der Waals surface area contributed by atoms with Crippen molar-refractivity contribution in [3.63, 3.8) is 0 Å². The number of hydrogen-bond acceptors (Lipinski definition) is 3. The molecule has 3 heteroatoms. The highest BCUT2D eigenvalue weighted by atomic mass is 16.6. The first-order valence-electron chi connectivity index (χ1n) is 9.83. The maximum absolute atomic E-state index is 13.3. The summed E-state index contributed by atoms with van der Waals surface area (Å²) in [6, 6.07) is 0. The summed E-state index contributed by atoms with van der Waals surface area (Å²) < 4.78 is 6.32. The second-order valence-electron chi connectivity index (χ2n) is 11.2. The molecule has 6 atom stereocenters. The van der Waals surface area contributed by atoms with E-state index in [1.54, 1.807) is 0 Å². The van der Waals surface area contributed by atoms with Crippen LogP contribution < -0.4 is 0 Å². The van der Waals surface area contributed by atoms with Gasteiger partial charge in [-0.05, 0) is 62.2 Å². The number of fused-ring (bicyclic) bond motifs is 1. The molecule has 3 nitrogen and oxygen atoms in total. The molecule has 4 rings (SSSR count). The Labute approximate surface area is 146 Å². The maximum atomic E-state index is 13.3. The SMILES string of the molecule is CC(C)CC(C)(C(=O)OC12CC3CC4CC(O)(C1)C34C2)C(C)(C)C. The number of aliphatic hydroxyl groups is 1. The fraction of sp³-hybridized carbons (Fsp3) is 0.952. The van der Waals surface area contributed by atoms with E-state index in [1.807, 2.05) is 0 Å². The van der Waals surface area contributed by atoms with Gasteiger partial charge in [0.15, 0.2) is 0 Å². The summed E-state index contributed by atoms with van der Waals surface area (Å²) in [4.78, 5) is 13.3. The molecule has 6 unspecified atom stereocenters. The Kier molecular flexibility index (Phi) is 3.09. The molecular weight excluding hydrogens is 300 g/mol. The normalized spacial score (nSPS) is 47.7. The molecule has 0 heterocycles. The molecule has 4 fully saturated rings. The van der Waals surface area contributed by atoms with E-state index in [9.17, 15) is 9.90 Å². The van der Waals surface area contributed by atoms with Crippen LogP contribution in [-0.4, -0.2) is 22.3 Å². The Morgan fingerprint density at radius 2 is 1.79 bits per heavy atom. The van der Waals surface area contributed by atoms with E-state index in [4.69, 9.17) is 4.74 Å². The number of hydrogen-bond donors (Lipinski definition) is 1. The van der Waals surface area contributed by atoms with E-state index in [-0.39, 0.29) is 22.4 Å². The van der Waals surface area contributed by atoms with Crippen LogP contribution in [0.4, 0.5) is 0 Å². The van der Waals surface area contributed by atoms with Crippen LogP contribution in [0, 0.1) is 34.0 Å². The van der Waals surface area contributed by atoms with Crippen LogP contribution in [0.1, 0.15) is 80.1 Å². The second-order valence-corrected chi connectivity index (χ2v) is 11.2. The third-order valence-corrected chi connectivity index (χ3v) is 8.56. The van der Waals surface area contributed by atoms with Crippen molar-refractivity contribution >= 4 is 5.97 Å². The topological polar surface area (TPSA) is 46.5 Å². The Bertz CT molecular complexity index is 590. The molecule has 0 amide bonds. The first-order chi connectivity index (χ1) is 10.9. The summed E-state index contributed by atoms with van der Waals surface area (Å²) in [6.07, 6.45) is 5.60. The largest absolute Gasteiger partial charge is 0.458 e. The molecule has 24 heavy (non-hydrogen) atoms. The zero-order valence-electron chi connectivity index (χ0n) is 16.2. The van der Waals surface area contributed by atoms with Gasteiger partial charge < -0.3 is 9.84 Å². The van der Waals surface area contributed by atoms with E-state index in [0.29, 0.717) is 24.2 Å². The molecule has 0 aliphatic heterocycles. The van der Waals surface area contributed by atoms with Gasteiger partial charge in [-0.15, -0.1) is 0 Å². The third-order valence-electron chi connectivity index (χ3n) is 8.56. The summed E-state index contributed by atoms with van der Waals surface area (Å²) >= 11 is 0. The smallest absolute Gasteiger partial charge is 0.312 e. The highest BCUT2D eigenvalue weighted by Crippen LogP contribution is 2.84. The van der Waals surface area contributed by atoms with Gasteiger partial charge in [-0.2, -0.15) is 0 Å². The van der Waals surface area contributed by atoms with Gasteiger partial charge in [0.25, 0.3) is 0 Å². The summed E-state index contributed by atoms with van der Waals surface area (Å²) in [6.45, 7) is 12.9. The maximum Gasteiger partial charge on any atom is 0.312 e. The van der Waals surface area contributed by atoms with Crippen molar-refractivity contribution in [3.05, 3.63) is 0 Å². The molecule has 1 N–H and O–H groups in total. The summed E-state index contributed by atoms with van der Waals surface area (Å²) in [5, 5.41) is 11.0. The monoisotopic (exact) mass is 334 g/mol. The minimum absolute atomic E-state index is 0.0390. The van der Waals surface area contributed by atoms with Crippen molar-refractivity contribution in [3.8, 4) is 0 Å². The molecule has 4 saturated carbocycles. The van der Waals surface area contributed by atoms with Gasteiger partial charge >= 0.3 is 5.97 Å². The number of carbonyl (C=O) groups excluding carboxylic acids is 1. The lowest BCUT2D eigenvalue weighted by molar-refractivity contribution is -0.288. The van der Waals surface area contributed by atoms with Crippen LogP contribution in [0.25, 0.3) is 0 Å². The van der Waals surface area contributed by atoms with Gasteiger partial charge in [-0.25, -0.2) is 0 Å². The number of rotatable bonds is 4. The first kappa shape index (κ1) is 16.9. The molecule has 4 aliphatic rings. The van der Waals surface area contributed by atoms with Crippen LogP contribution in [-0.2, 0) is 9.53 Å². The first-order valence-corrected chi connectivity index (χ1v) is 9.83. The Balaban J connectivity index is 1.58. The van der Waals surface area contributed by atoms with E-state index >= 15 is 0 Å². The molecular formula is C21H34O3. The van der Waals surface area contributed by atoms with E-state index in [1.165, 1.54) is 6.42 Å². The van der Waals surface area contributed by atoms with Gasteiger partial charge in [0.1, 0.15) is 5.60 Å². The number of ether oxygens (including phenoxy) is 1. The van der Waals surface area contributed by atoms with Gasteiger partial charge in [0.05, 0.1) is 11.0 Å². The zero-order chi connectivity index (χ0) is 17.8. The second kappa shape index (κ2) is 4.39. The van der Waals surface area contributed by atoms with Gasteiger partial charge in [0, 0.05) is 11.8 Å². The van der Waals surface area contributed by atoms with Gasteiger partial charge in [-0.3, -0.25) is 4.79 Å². The predicted octanol–water partition coefficient (Wildman–Crippen LogP) is 4.32. The fourth-order valence-electron chi connectivity index (χ4n) is 7.04. The van der Waals surface area contributed by atoms with Crippen LogP contribution in [0.2, 0.25) is 0 Å². The van der Waals surface area contributed by atoms with Crippen molar-refractivity contribution in [1.29, 1.82) is 0 Å². The quantitative estimate of drug-likeness (QED) is 0.779. The van der Waals surface area contributed by atoms with E-state index in [2.05, 4.69) is 41.5 Å². The number of esters is 1. The van der Waals surface area contributed by atoms with Gasteiger partial charge in [0.2, 0.25) is 0 Å². The number of carbonyl (C=O) groups is 1. The minimum atomic E-state index is -0.532. The molecule has 0 radical (unpaired) electrons. The average molecular weight is 335 g/mol. The minimum Gasteiger partial charge on any atom is -0.458 e. The van der Waals surface area contributed by atoms with Crippen LogP contribution >= 0.6 is 0 Å². The molecule has 0 aromatic carbocycles. The van der Waals surface area contributed by atoms with Crippen molar-refractivity contribution in [2.45, 2.75) is 91.3 Å². The summed E-state index contributed by atoms with van der Waals surface area (Å²) in [7, 11) is 0. The van der Waals surface area contributed by atoms with Crippen LogP contribution in [0.5, 0.6) is 0 Å². The van der Waals surface area contributed by atoms with Crippen molar-refractivity contribution in [1.82, 2.24) is 0 Å². The molecule has 4 aliphatic carbocycles. The van der Waals surface area contributed by atoms with Crippen molar-refractivity contribution in [2.24, 2.45) is 34.0 Å². The zero-order valence-corrected chi connectivity index (χ0v) is 16.2.